The summed E-state index contributed by atoms with van der Waals surface area (Å²) in [6.07, 6.45) is 2.67. The van der Waals surface area contributed by atoms with Gasteiger partial charge >= 0.3 is 6.03 Å². The molecule has 0 aromatic heterocycles. The molecule has 2 aromatic rings. The molecule has 2 N–H and O–H groups in total. The van der Waals surface area contributed by atoms with Crippen molar-refractivity contribution in [3.05, 3.63) is 65.7 Å². The minimum Gasteiger partial charge on any atom is -0.318 e. The molecule has 1 unspecified atom stereocenters. The first-order chi connectivity index (χ1) is 15.2. The highest BCUT2D eigenvalue weighted by Gasteiger charge is 2.50. The van der Waals surface area contributed by atoms with Crippen LogP contribution < -0.4 is 10.7 Å². The van der Waals surface area contributed by atoms with Crippen LogP contribution in [0, 0.1) is 0 Å². The number of nitrogens with one attached hydrogen (secondary N) is 2. The van der Waals surface area contributed by atoms with Crippen LogP contribution in [0.15, 0.2) is 59.5 Å². The molecule has 0 aliphatic carbocycles. The third kappa shape index (κ3) is 3.87. The Morgan fingerprint density at radius 1 is 0.969 bits per heavy atom. The molecule has 2 saturated heterocycles. The summed E-state index contributed by atoms with van der Waals surface area (Å²) in [4.78, 5) is 38.1. The number of hydrogen-bond acceptors (Lipinski definition) is 5. The smallest absolute Gasteiger partial charge is 0.318 e. The highest BCUT2D eigenvalue weighted by Crippen LogP contribution is 2.28. The van der Waals surface area contributed by atoms with E-state index in [1.807, 2.05) is 0 Å². The molecule has 0 radical (unpaired) electrons. The minimum absolute atomic E-state index is 0.0996. The lowest BCUT2D eigenvalue weighted by atomic mass is 9.92. The lowest BCUT2D eigenvalue weighted by molar-refractivity contribution is -0.132. The number of nitrogens with zero attached hydrogens (tertiary/aromatic N) is 2. The van der Waals surface area contributed by atoms with Gasteiger partial charge in [0.25, 0.3) is 11.8 Å². The van der Waals surface area contributed by atoms with Gasteiger partial charge in [0.05, 0.1) is 4.90 Å². The Bertz CT molecular complexity index is 1140. The van der Waals surface area contributed by atoms with Gasteiger partial charge < -0.3 is 5.32 Å². The Hall–Kier alpha value is -3.24. The van der Waals surface area contributed by atoms with E-state index < -0.39 is 33.4 Å². The van der Waals surface area contributed by atoms with E-state index in [9.17, 15) is 22.8 Å². The molecule has 1 atom stereocenters. The summed E-state index contributed by atoms with van der Waals surface area (Å²) in [5, 5.41) is 3.25. The quantitative estimate of drug-likeness (QED) is 0.668. The van der Waals surface area contributed by atoms with Crippen LogP contribution >= 0.6 is 0 Å². The van der Waals surface area contributed by atoms with Gasteiger partial charge in [0, 0.05) is 18.7 Å². The summed E-state index contributed by atoms with van der Waals surface area (Å²) in [5.41, 5.74) is 1.71. The van der Waals surface area contributed by atoms with Gasteiger partial charge in [0.2, 0.25) is 10.0 Å². The van der Waals surface area contributed by atoms with E-state index in [0.717, 1.165) is 19.3 Å². The fourth-order valence-electron chi connectivity index (χ4n) is 3.91. The van der Waals surface area contributed by atoms with Crippen molar-refractivity contribution >= 4 is 27.9 Å². The van der Waals surface area contributed by atoms with Crippen LogP contribution in [0.5, 0.6) is 0 Å². The number of rotatable bonds is 5. The maximum absolute atomic E-state index is 12.9. The summed E-state index contributed by atoms with van der Waals surface area (Å²) in [7, 11) is -3.62. The van der Waals surface area contributed by atoms with E-state index in [-0.39, 0.29) is 10.5 Å². The van der Waals surface area contributed by atoms with Crippen molar-refractivity contribution in [2.45, 2.75) is 36.6 Å². The SMILES string of the molecule is CC1(c2ccccc2)NC(=O)N(NC(=O)c2ccc(S(=O)(=O)N3CCCCC3)cc2)C1=O. The zero-order valence-corrected chi connectivity index (χ0v) is 18.4. The van der Waals surface area contributed by atoms with Gasteiger partial charge in [-0.1, -0.05) is 36.8 Å². The average molecular weight is 457 g/mol. The highest BCUT2D eigenvalue weighted by molar-refractivity contribution is 7.89. The van der Waals surface area contributed by atoms with Crippen LogP contribution in [0.3, 0.4) is 0 Å². The van der Waals surface area contributed by atoms with Crippen LogP contribution in [0.25, 0.3) is 0 Å². The second-order valence-electron chi connectivity index (χ2n) is 7.99. The molecule has 9 nitrogen and oxygen atoms in total. The van der Waals surface area contributed by atoms with Gasteiger partial charge in [0.1, 0.15) is 5.54 Å². The zero-order valence-electron chi connectivity index (χ0n) is 17.6. The van der Waals surface area contributed by atoms with Gasteiger partial charge in [-0.25, -0.2) is 13.2 Å². The molecule has 2 aliphatic heterocycles. The van der Waals surface area contributed by atoms with E-state index in [1.54, 1.807) is 37.3 Å². The number of piperidine rings is 1. The van der Waals surface area contributed by atoms with Crippen molar-refractivity contribution in [1.82, 2.24) is 20.1 Å². The molecule has 2 fully saturated rings. The number of imide groups is 1. The largest absolute Gasteiger partial charge is 0.344 e. The second-order valence-corrected chi connectivity index (χ2v) is 9.93. The molecule has 168 valence electrons. The molecule has 2 aliphatic rings. The van der Waals surface area contributed by atoms with Crippen LogP contribution in [-0.4, -0.2) is 48.7 Å². The molecule has 2 aromatic carbocycles. The van der Waals surface area contributed by atoms with Gasteiger partial charge in [-0.15, -0.1) is 0 Å². The second kappa shape index (κ2) is 8.36. The maximum atomic E-state index is 12.9. The summed E-state index contributed by atoms with van der Waals surface area (Å²) in [5.74, 6) is -1.32. The van der Waals surface area contributed by atoms with E-state index in [1.165, 1.54) is 28.6 Å². The first-order valence-corrected chi connectivity index (χ1v) is 11.8. The Morgan fingerprint density at radius 3 is 2.22 bits per heavy atom. The number of hydrazine groups is 1. The fraction of sp³-hybridized carbons (Fsp3) is 0.318. The minimum atomic E-state index is -3.62. The molecule has 10 heteroatoms. The number of amides is 4. The first kappa shape index (κ1) is 22.0. The molecular formula is C22H24N4O5S. The predicted molar refractivity (Wildman–Crippen MR) is 116 cm³/mol. The van der Waals surface area contributed by atoms with Crippen molar-refractivity contribution in [3.8, 4) is 0 Å². The van der Waals surface area contributed by atoms with Gasteiger partial charge in [0.15, 0.2) is 0 Å². The van der Waals surface area contributed by atoms with Crippen LogP contribution in [0.4, 0.5) is 4.79 Å². The molecule has 0 saturated carbocycles. The number of urea groups is 1. The van der Waals surface area contributed by atoms with Gasteiger partial charge in [-0.2, -0.15) is 9.31 Å². The predicted octanol–water partition coefficient (Wildman–Crippen LogP) is 1.97. The number of sulfonamides is 1. The topological polar surface area (TPSA) is 116 Å². The Kier molecular flexibility index (Phi) is 5.74. The molecule has 0 bridgehead atoms. The average Bonchev–Trinajstić information content (AvgIpc) is 3.04. The lowest BCUT2D eigenvalue weighted by Crippen LogP contribution is -2.47. The van der Waals surface area contributed by atoms with Crippen molar-refractivity contribution in [2.24, 2.45) is 0 Å². The van der Waals surface area contributed by atoms with Crippen LogP contribution in [0.2, 0.25) is 0 Å². The zero-order chi connectivity index (χ0) is 22.9. The Labute approximate surface area is 186 Å². The third-order valence-electron chi connectivity index (χ3n) is 5.82. The maximum Gasteiger partial charge on any atom is 0.344 e. The van der Waals surface area contributed by atoms with Gasteiger partial charge in [-0.3, -0.25) is 15.0 Å². The van der Waals surface area contributed by atoms with E-state index in [0.29, 0.717) is 23.7 Å². The third-order valence-corrected chi connectivity index (χ3v) is 7.74. The van der Waals surface area contributed by atoms with Crippen molar-refractivity contribution in [2.75, 3.05) is 13.1 Å². The normalized spacial score (nSPS) is 22.0. The van der Waals surface area contributed by atoms with E-state index in [4.69, 9.17) is 0 Å². The van der Waals surface area contributed by atoms with Crippen molar-refractivity contribution in [3.63, 3.8) is 0 Å². The summed E-state index contributed by atoms with van der Waals surface area (Å²) < 4.78 is 27.0. The number of carbonyl (C=O) groups excluding carboxylic acids is 3. The molecule has 0 spiro atoms. The number of benzene rings is 2. The first-order valence-electron chi connectivity index (χ1n) is 10.4. The fourth-order valence-corrected chi connectivity index (χ4v) is 5.42. The lowest BCUT2D eigenvalue weighted by Gasteiger charge is -2.25. The molecule has 32 heavy (non-hydrogen) atoms. The van der Waals surface area contributed by atoms with E-state index in [2.05, 4.69) is 10.7 Å². The van der Waals surface area contributed by atoms with Crippen LogP contribution in [0.1, 0.15) is 42.1 Å². The van der Waals surface area contributed by atoms with Gasteiger partial charge in [-0.05, 0) is 49.6 Å². The molecule has 4 rings (SSSR count). The van der Waals surface area contributed by atoms with Crippen molar-refractivity contribution < 1.29 is 22.8 Å². The molecular weight excluding hydrogens is 432 g/mol. The summed E-state index contributed by atoms with van der Waals surface area (Å²) in [6.45, 7) is 2.53. The Morgan fingerprint density at radius 2 is 1.59 bits per heavy atom. The van der Waals surface area contributed by atoms with Crippen LogP contribution in [-0.2, 0) is 20.4 Å². The summed E-state index contributed by atoms with van der Waals surface area (Å²) in [6, 6.07) is 13.4. The monoisotopic (exact) mass is 456 g/mol. The van der Waals surface area contributed by atoms with E-state index >= 15 is 0 Å². The molecule has 4 amide bonds. The Balaban J connectivity index is 1.48. The highest BCUT2D eigenvalue weighted by atomic mass is 32.2. The number of hydrogen-bond donors (Lipinski definition) is 2. The summed E-state index contributed by atoms with van der Waals surface area (Å²) >= 11 is 0. The molecule has 2 heterocycles. The van der Waals surface area contributed by atoms with Crippen molar-refractivity contribution in [1.29, 1.82) is 0 Å². The number of carbonyl (C=O) groups is 3. The standard InChI is InChI=1S/C22H24N4O5S/c1-22(17-8-4-2-5-9-17)20(28)26(21(29)23-22)24-19(27)16-10-12-18(13-11-16)32(30,31)25-14-6-3-7-15-25/h2,4-5,8-13H,3,6-7,14-15H2,1H3,(H,23,29)(H,24,27).